The van der Waals surface area contributed by atoms with Gasteiger partial charge in [-0.05, 0) is 48.0 Å². The molecule has 1 aliphatic heterocycles. The zero-order valence-corrected chi connectivity index (χ0v) is 12.7. The standard InChI is InChI=1S/C13H20BrN3O/c1-8(2)7-9-10(14)11(15)17-12(16-9)13(3)5-4-6-18-13/h8H,4-7H2,1-3H3,(H2,15,16,17). The van der Waals surface area contributed by atoms with Crippen molar-refractivity contribution in [3.63, 3.8) is 0 Å². The van der Waals surface area contributed by atoms with E-state index in [9.17, 15) is 0 Å². The van der Waals surface area contributed by atoms with Gasteiger partial charge in [0.15, 0.2) is 5.82 Å². The summed E-state index contributed by atoms with van der Waals surface area (Å²) in [6.45, 7) is 7.15. The quantitative estimate of drug-likeness (QED) is 0.931. The molecule has 0 saturated carbocycles. The van der Waals surface area contributed by atoms with Crippen molar-refractivity contribution in [2.24, 2.45) is 5.92 Å². The smallest absolute Gasteiger partial charge is 0.162 e. The maximum Gasteiger partial charge on any atom is 0.162 e. The molecule has 1 aliphatic rings. The lowest BCUT2D eigenvalue weighted by molar-refractivity contribution is 0.00922. The molecule has 1 fully saturated rings. The first-order valence-electron chi connectivity index (χ1n) is 6.38. The fourth-order valence-electron chi connectivity index (χ4n) is 2.23. The molecule has 2 rings (SSSR count). The fourth-order valence-corrected chi connectivity index (χ4v) is 2.57. The topological polar surface area (TPSA) is 61.0 Å². The van der Waals surface area contributed by atoms with Crippen LogP contribution in [-0.2, 0) is 16.8 Å². The van der Waals surface area contributed by atoms with E-state index in [-0.39, 0.29) is 5.60 Å². The van der Waals surface area contributed by atoms with Crippen LogP contribution in [0.5, 0.6) is 0 Å². The Morgan fingerprint density at radius 2 is 2.17 bits per heavy atom. The van der Waals surface area contributed by atoms with Crippen LogP contribution in [0.25, 0.3) is 0 Å². The first-order valence-corrected chi connectivity index (χ1v) is 7.18. The Kier molecular flexibility index (Phi) is 3.92. The number of hydrogen-bond donors (Lipinski definition) is 1. The van der Waals surface area contributed by atoms with Crippen LogP contribution >= 0.6 is 15.9 Å². The highest BCUT2D eigenvalue weighted by atomic mass is 79.9. The minimum atomic E-state index is -0.374. The Bertz CT molecular complexity index is 442. The Hall–Kier alpha value is -0.680. The largest absolute Gasteiger partial charge is 0.383 e. The molecule has 0 bridgehead atoms. The Balaban J connectivity index is 2.40. The SMILES string of the molecule is CC(C)Cc1nc(C2(C)CCCO2)nc(N)c1Br. The molecule has 1 saturated heterocycles. The van der Waals surface area contributed by atoms with E-state index in [4.69, 9.17) is 10.5 Å². The van der Waals surface area contributed by atoms with Crippen molar-refractivity contribution in [2.45, 2.75) is 45.6 Å². The Morgan fingerprint density at radius 1 is 1.44 bits per heavy atom. The van der Waals surface area contributed by atoms with Gasteiger partial charge in [-0.3, -0.25) is 0 Å². The minimum Gasteiger partial charge on any atom is -0.383 e. The number of aromatic nitrogens is 2. The second-order valence-electron chi connectivity index (χ2n) is 5.47. The van der Waals surface area contributed by atoms with Crippen molar-refractivity contribution in [3.8, 4) is 0 Å². The van der Waals surface area contributed by atoms with Crippen molar-refractivity contribution in [1.29, 1.82) is 0 Å². The first kappa shape index (κ1) is 13.7. The van der Waals surface area contributed by atoms with Crippen molar-refractivity contribution in [1.82, 2.24) is 9.97 Å². The molecule has 2 N–H and O–H groups in total. The molecule has 0 spiro atoms. The van der Waals surface area contributed by atoms with Crippen LogP contribution in [0.4, 0.5) is 5.82 Å². The number of ether oxygens (including phenoxy) is 1. The molecule has 2 heterocycles. The summed E-state index contributed by atoms with van der Waals surface area (Å²) in [6, 6.07) is 0. The second kappa shape index (κ2) is 5.13. The zero-order chi connectivity index (χ0) is 13.3. The zero-order valence-electron chi connectivity index (χ0n) is 11.2. The van der Waals surface area contributed by atoms with E-state index < -0.39 is 0 Å². The van der Waals surface area contributed by atoms with Crippen molar-refractivity contribution in [3.05, 3.63) is 16.0 Å². The van der Waals surface area contributed by atoms with Crippen LogP contribution < -0.4 is 5.73 Å². The number of hydrogen-bond acceptors (Lipinski definition) is 4. The lowest BCUT2D eigenvalue weighted by Gasteiger charge is -2.23. The van der Waals surface area contributed by atoms with Crippen LogP contribution in [0.2, 0.25) is 0 Å². The predicted molar refractivity (Wildman–Crippen MR) is 75.2 cm³/mol. The molecule has 5 heteroatoms. The van der Waals surface area contributed by atoms with E-state index in [0.717, 1.165) is 41.9 Å². The third-order valence-corrected chi connectivity index (χ3v) is 4.10. The van der Waals surface area contributed by atoms with Gasteiger partial charge < -0.3 is 10.5 Å². The Labute approximate surface area is 116 Å². The number of nitrogen functional groups attached to an aromatic ring is 1. The number of halogens is 1. The molecule has 0 amide bonds. The molecule has 1 atom stereocenters. The summed E-state index contributed by atoms with van der Waals surface area (Å²) in [7, 11) is 0. The van der Waals surface area contributed by atoms with Gasteiger partial charge in [0.1, 0.15) is 11.4 Å². The van der Waals surface area contributed by atoms with E-state index in [1.54, 1.807) is 0 Å². The lowest BCUT2D eigenvalue weighted by Crippen LogP contribution is -2.25. The summed E-state index contributed by atoms with van der Waals surface area (Å²) in [5.74, 6) is 1.75. The van der Waals surface area contributed by atoms with Gasteiger partial charge in [0.2, 0.25) is 0 Å². The van der Waals surface area contributed by atoms with Crippen molar-refractivity contribution < 1.29 is 4.74 Å². The molecule has 1 aromatic heterocycles. The maximum absolute atomic E-state index is 5.97. The summed E-state index contributed by atoms with van der Waals surface area (Å²) in [5, 5.41) is 0. The van der Waals surface area contributed by atoms with E-state index in [1.807, 2.05) is 6.92 Å². The summed E-state index contributed by atoms with van der Waals surface area (Å²) in [6.07, 6.45) is 2.89. The monoisotopic (exact) mass is 313 g/mol. The summed E-state index contributed by atoms with van der Waals surface area (Å²) in [5.41, 5.74) is 6.57. The van der Waals surface area contributed by atoms with Gasteiger partial charge >= 0.3 is 0 Å². The number of nitrogens with zero attached hydrogens (tertiary/aromatic N) is 2. The fraction of sp³-hybridized carbons (Fsp3) is 0.692. The van der Waals surface area contributed by atoms with Gasteiger partial charge in [0.25, 0.3) is 0 Å². The average molecular weight is 314 g/mol. The highest BCUT2D eigenvalue weighted by molar-refractivity contribution is 9.10. The summed E-state index contributed by atoms with van der Waals surface area (Å²) >= 11 is 3.48. The van der Waals surface area contributed by atoms with Gasteiger partial charge in [-0.25, -0.2) is 9.97 Å². The van der Waals surface area contributed by atoms with Crippen LogP contribution in [0.15, 0.2) is 4.47 Å². The molecular weight excluding hydrogens is 294 g/mol. The lowest BCUT2D eigenvalue weighted by atomic mass is 10.0. The van der Waals surface area contributed by atoms with Crippen LogP contribution in [0, 0.1) is 5.92 Å². The van der Waals surface area contributed by atoms with Crippen molar-refractivity contribution in [2.75, 3.05) is 12.3 Å². The number of anilines is 1. The van der Waals surface area contributed by atoms with Gasteiger partial charge in [-0.2, -0.15) is 0 Å². The highest BCUT2D eigenvalue weighted by Gasteiger charge is 2.35. The molecule has 18 heavy (non-hydrogen) atoms. The summed E-state index contributed by atoms with van der Waals surface area (Å²) in [4.78, 5) is 9.05. The number of rotatable bonds is 3. The summed E-state index contributed by atoms with van der Waals surface area (Å²) < 4.78 is 6.61. The molecule has 1 unspecified atom stereocenters. The van der Waals surface area contributed by atoms with Crippen LogP contribution in [-0.4, -0.2) is 16.6 Å². The van der Waals surface area contributed by atoms with E-state index in [0.29, 0.717) is 11.7 Å². The van der Waals surface area contributed by atoms with Gasteiger partial charge in [-0.1, -0.05) is 13.8 Å². The third-order valence-electron chi connectivity index (χ3n) is 3.24. The van der Waals surface area contributed by atoms with E-state index in [1.165, 1.54) is 0 Å². The maximum atomic E-state index is 5.97. The van der Waals surface area contributed by atoms with Crippen LogP contribution in [0.3, 0.4) is 0 Å². The minimum absolute atomic E-state index is 0.374. The first-order chi connectivity index (χ1) is 8.42. The Morgan fingerprint density at radius 3 is 2.72 bits per heavy atom. The average Bonchev–Trinajstić information content (AvgIpc) is 2.72. The van der Waals surface area contributed by atoms with E-state index in [2.05, 4.69) is 39.7 Å². The van der Waals surface area contributed by atoms with Crippen LogP contribution in [0.1, 0.15) is 45.1 Å². The normalized spacial score (nSPS) is 23.8. The number of nitrogens with two attached hydrogens (primary N) is 1. The molecular formula is C13H20BrN3O. The molecule has 0 aliphatic carbocycles. The molecule has 0 radical (unpaired) electrons. The van der Waals surface area contributed by atoms with Gasteiger partial charge in [0.05, 0.1) is 10.2 Å². The van der Waals surface area contributed by atoms with Crippen molar-refractivity contribution >= 4 is 21.7 Å². The third kappa shape index (κ3) is 2.67. The van der Waals surface area contributed by atoms with E-state index >= 15 is 0 Å². The molecule has 1 aromatic rings. The molecule has 100 valence electrons. The second-order valence-corrected chi connectivity index (χ2v) is 6.27. The molecule has 0 aromatic carbocycles. The predicted octanol–water partition coefficient (Wildman–Crippen LogP) is 3.05. The van der Waals surface area contributed by atoms with Gasteiger partial charge in [0, 0.05) is 6.61 Å². The van der Waals surface area contributed by atoms with Gasteiger partial charge in [-0.15, -0.1) is 0 Å². The molecule has 4 nitrogen and oxygen atoms in total. The highest BCUT2D eigenvalue weighted by Crippen LogP contribution is 2.35.